The molecular formula is C14H8N2O4S. The van der Waals surface area contributed by atoms with E-state index >= 15 is 0 Å². The normalized spacial score (nSPS) is 10.3. The van der Waals surface area contributed by atoms with Crippen LogP contribution in [-0.2, 0) is 19.4 Å². The first-order valence-corrected chi connectivity index (χ1v) is 7.18. The molecule has 2 aromatic carbocycles. The number of nitrogens with zero attached hydrogens (tertiary/aromatic N) is 2. The van der Waals surface area contributed by atoms with Crippen molar-refractivity contribution in [2.45, 2.75) is 9.79 Å². The fourth-order valence-corrected chi connectivity index (χ4v) is 3.18. The van der Waals surface area contributed by atoms with Gasteiger partial charge in [-0.05, 0) is 24.3 Å². The summed E-state index contributed by atoms with van der Waals surface area (Å²) in [7, 11) is -3.90. The van der Waals surface area contributed by atoms with Crippen molar-refractivity contribution in [3.63, 3.8) is 0 Å². The molecule has 2 rings (SSSR count). The molecule has 0 aromatic heterocycles. The van der Waals surface area contributed by atoms with Crippen molar-refractivity contribution >= 4 is 33.4 Å². The number of benzene rings is 2. The van der Waals surface area contributed by atoms with Crippen LogP contribution in [0.5, 0.6) is 0 Å². The van der Waals surface area contributed by atoms with E-state index in [-0.39, 0.29) is 21.2 Å². The van der Waals surface area contributed by atoms with Crippen LogP contribution in [-0.4, -0.2) is 20.6 Å². The van der Waals surface area contributed by atoms with Gasteiger partial charge in [0.2, 0.25) is 22.0 Å². The molecule has 0 aliphatic carbocycles. The van der Waals surface area contributed by atoms with E-state index in [1.165, 1.54) is 42.5 Å². The molecule has 0 saturated heterocycles. The van der Waals surface area contributed by atoms with E-state index in [0.29, 0.717) is 0 Å². The van der Waals surface area contributed by atoms with E-state index < -0.39 is 9.84 Å². The Hall–Kier alpha value is -2.85. The highest BCUT2D eigenvalue weighted by molar-refractivity contribution is 7.91. The number of sulfone groups is 1. The summed E-state index contributed by atoms with van der Waals surface area (Å²) in [5.41, 5.74) is -0.301. The summed E-state index contributed by atoms with van der Waals surface area (Å²) >= 11 is 0. The van der Waals surface area contributed by atoms with Crippen LogP contribution in [0.2, 0.25) is 0 Å². The highest BCUT2D eigenvalue weighted by Crippen LogP contribution is 2.36. The molecule has 7 heteroatoms. The molecule has 0 atom stereocenters. The minimum atomic E-state index is -3.90. The van der Waals surface area contributed by atoms with Crippen molar-refractivity contribution in [3.8, 4) is 0 Å². The molecule has 0 aliphatic heterocycles. The predicted molar refractivity (Wildman–Crippen MR) is 73.9 cm³/mol. The Morgan fingerprint density at radius 1 is 0.810 bits per heavy atom. The van der Waals surface area contributed by atoms with Gasteiger partial charge in [-0.25, -0.2) is 18.0 Å². The maximum Gasteiger partial charge on any atom is 0.240 e. The smallest absolute Gasteiger partial charge is 0.218 e. The minimum Gasteiger partial charge on any atom is -0.218 e. The molecule has 0 spiro atoms. The number of isocyanates is 2. The summed E-state index contributed by atoms with van der Waals surface area (Å²) in [6.07, 6.45) is 2.56. The zero-order chi connectivity index (χ0) is 15.3. The van der Waals surface area contributed by atoms with E-state index in [4.69, 9.17) is 0 Å². The molecule has 0 fully saturated rings. The molecule has 0 bridgehead atoms. The van der Waals surface area contributed by atoms with Gasteiger partial charge in [-0.15, -0.1) is 0 Å². The lowest BCUT2D eigenvalue weighted by molar-refractivity contribution is 0.564. The SMILES string of the molecule is O=C=Nc1cccc(S(=O)(=O)c2ccccc2)c1N=C=O. The highest BCUT2D eigenvalue weighted by Gasteiger charge is 2.23. The van der Waals surface area contributed by atoms with Crippen molar-refractivity contribution in [1.29, 1.82) is 0 Å². The number of hydrogen-bond donors (Lipinski definition) is 0. The van der Waals surface area contributed by atoms with E-state index in [1.54, 1.807) is 18.2 Å². The Bertz CT molecular complexity index is 863. The Morgan fingerprint density at radius 2 is 1.48 bits per heavy atom. The molecule has 0 amide bonds. The first-order valence-electron chi connectivity index (χ1n) is 5.70. The second kappa shape index (κ2) is 6.07. The largest absolute Gasteiger partial charge is 0.240 e. The standard InChI is InChI=1S/C14H8N2O4S/c17-9-15-12-7-4-8-13(14(12)16-10-18)21(19,20)11-5-2-1-3-6-11/h1-8H. The van der Waals surface area contributed by atoms with Gasteiger partial charge in [0.25, 0.3) is 0 Å². The van der Waals surface area contributed by atoms with E-state index in [0.717, 1.165) is 0 Å². The molecule has 21 heavy (non-hydrogen) atoms. The summed E-state index contributed by atoms with van der Waals surface area (Å²) < 4.78 is 25.1. The van der Waals surface area contributed by atoms with Gasteiger partial charge in [-0.1, -0.05) is 24.3 Å². The third-order valence-electron chi connectivity index (χ3n) is 2.64. The number of aliphatic imine (C=N–C) groups is 2. The lowest BCUT2D eigenvalue weighted by atomic mass is 10.3. The van der Waals surface area contributed by atoms with Gasteiger partial charge >= 0.3 is 0 Å². The molecule has 0 N–H and O–H groups in total. The monoisotopic (exact) mass is 300 g/mol. The highest BCUT2D eigenvalue weighted by atomic mass is 32.2. The van der Waals surface area contributed by atoms with Crippen molar-refractivity contribution in [3.05, 3.63) is 48.5 Å². The van der Waals surface area contributed by atoms with Crippen LogP contribution in [0.1, 0.15) is 0 Å². The Labute approximate surface area is 120 Å². The molecule has 2 aromatic rings. The third kappa shape index (κ3) is 2.85. The molecule has 0 heterocycles. The number of para-hydroxylation sites is 1. The van der Waals surface area contributed by atoms with Crippen molar-refractivity contribution in [1.82, 2.24) is 0 Å². The average Bonchev–Trinajstić information content (AvgIpc) is 2.50. The minimum absolute atomic E-state index is 0.0413. The quantitative estimate of drug-likeness (QED) is 0.640. The zero-order valence-corrected chi connectivity index (χ0v) is 11.4. The van der Waals surface area contributed by atoms with Crippen molar-refractivity contribution < 1.29 is 18.0 Å². The lowest BCUT2D eigenvalue weighted by Crippen LogP contribution is -2.02. The Morgan fingerprint density at radius 3 is 2.10 bits per heavy atom. The predicted octanol–water partition coefficient (Wildman–Crippen LogP) is 2.45. The Balaban J connectivity index is 2.78. The van der Waals surface area contributed by atoms with Gasteiger partial charge in [0.1, 0.15) is 16.3 Å². The maximum atomic E-state index is 12.6. The van der Waals surface area contributed by atoms with Crippen LogP contribution in [0, 0.1) is 0 Å². The van der Waals surface area contributed by atoms with Gasteiger partial charge in [-0.3, -0.25) is 0 Å². The molecule has 0 unspecified atom stereocenters. The van der Waals surface area contributed by atoms with Gasteiger partial charge in [0, 0.05) is 0 Å². The number of rotatable bonds is 4. The topological polar surface area (TPSA) is 93.0 Å². The van der Waals surface area contributed by atoms with Crippen LogP contribution in [0.15, 0.2) is 68.3 Å². The van der Waals surface area contributed by atoms with Crippen molar-refractivity contribution in [2.75, 3.05) is 0 Å². The summed E-state index contributed by atoms with van der Waals surface area (Å²) in [6.45, 7) is 0. The fraction of sp³-hybridized carbons (Fsp3) is 0. The summed E-state index contributed by atoms with van der Waals surface area (Å²) in [4.78, 5) is 27.4. The van der Waals surface area contributed by atoms with Crippen LogP contribution in [0.25, 0.3) is 0 Å². The molecule has 104 valence electrons. The molecule has 0 saturated carbocycles. The number of hydrogen-bond acceptors (Lipinski definition) is 6. The summed E-state index contributed by atoms with van der Waals surface area (Å²) in [5.74, 6) is 0. The fourth-order valence-electron chi connectivity index (χ4n) is 1.75. The van der Waals surface area contributed by atoms with Gasteiger partial charge in [-0.2, -0.15) is 9.98 Å². The molecule has 0 aliphatic rings. The van der Waals surface area contributed by atoms with E-state index in [2.05, 4.69) is 9.98 Å². The maximum absolute atomic E-state index is 12.6. The Kier molecular flexibility index (Phi) is 4.21. The second-order valence-corrected chi connectivity index (χ2v) is 5.76. The first kappa shape index (κ1) is 14.6. The van der Waals surface area contributed by atoms with E-state index in [9.17, 15) is 18.0 Å². The van der Waals surface area contributed by atoms with Crippen LogP contribution < -0.4 is 0 Å². The number of carbonyl (C=O) groups excluding carboxylic acids is 2. The van der Waals surface area contributed by atoms with Gasteiger partial charge < -0.3 is 0 Å². The average molecular weight is 300 g/mol. The lowest BCUT2D eigenvalue weighted by Gasteiger charge is -2.08. The van der Waals surface area contributed by atoms with Crippen LogP contribution >= 0.6 is 0 Å². The summed E-state index contributed by atoms with van der Waals surface area (Å²) in [5, 5.41) is 0. The molecular weight excluding hydrogens is 292 g/mol. The second-order valence-electron chi connectivity index (χ2n) is 3.85. The third-order valence-corrected chi connectivity index (χ3v) is 4.45. The van der Waals surface area contributed by atoms with Crippen molar-refractivity contribution in [2.24, 2.45) is 9.98 Å². The van der Waals surface area contributed by atoms with Gasteiger partial charge in [0.15, 0.2) is 0 Å². The molecule has 0 radical (unpaired) electrons. The van der Waals surface area contributed by atoms with Crippen LogP contribution in [0.4, 0.5) is 11.4 Å². The van der Waals surface area contributed by atoms with Gasteiger partial charge in [0.05, 0.1) is 4.90 Å². The zero-order valence-electron chi connectivity index (χ0n) is 10.6. The van der Waals surface area contributed by atoms with E-state index in [1.807, 2.05) is 0 Å². The van der Waals surface area contributed by atoms with Crippen LogP contribution in [0.3, 0.4) is 0 Å². The first-order chi connectivity index (χ1) is 10.1. The molecule has 6 nitrogen and oxygen atoms in total. The summed E-state index contributed by atoms with van der Waals surface area (Å²) in [6, 6.07) is 11.7.